The van der Waals surface area contributed by atoms with Crippen molar-refractivity contribution in [2.24, 2.45) is 11.7 Å². The lowest BCUT2D eigenvalue weighted by Crippen LogP contribution is -2.32. The molecule has 0 aliphatic carbocycles. The molecule has 4 N–H and O–H groups in total. The molecule has 0 aliphatic rings. The molecule has 0 spiro atoms. The maximum Gasteiger partial charge on any atom is 0.00746 e. The smallest absolute Gasteiger partial charge is 0.00746 e. The van der Waals surface area contributed by atoms with Crippen LogP contribution in [0.15, 0.2) is 0 Å². The first-order chi connectivity index (χ1) is 5.81. The van der Waals surface area contributed by atoms with Crippen LogP contribution >= 0.6 is 0 Å². The number of nitrogens with two attached hydrogens (primary N) is 1. The van der Waals surface area contributed by atoms with Crippen LogP contribution in [0.5, 0.6) is 0 Å². The van der Waals surface area contributed by atoms with Crippen LogP contribution in [-0.2, 0) is 0 Å². The van der Waals surface area contributed by atoms with E-state index in [1.165, 1.54) is 6.42 Å². The SMILES string of the molecule is CCCNCC(C)CNCCN. The molecule has 1 atom stereocenters. The van der Waals surface area contributed by atoms with Crippen molar-refractivity contribution in [3.63, 3.8) is 0 Å². The van der Waals surface area contributed by atoms with Crippen LogP contribution < -0.4 is 16.4 Å². The summed E-state index contributed by atoms with van der Waals surface area (Å²) in [5, 5.41) is 6.69. The summed E-state index contributed by atoms with van der Waals surface area (Å²) in [4.78, 5) is 0. The zero-order valence-corrected chi connectivity index (χ0v) is 8.40. The number of hydrogen-bond acceptors (Lipinski definition) is 3. The molecule has 0 bridgehead atoms. The third kappa shape index (κ3) is 7.98. The second-order valence-corrected chi connectivity index (χ2v) is 3.30. The molecule has 1 unspecified atom stereocenters. The number of nitrogens with one attached hydrogen (secondary N) is 2. The van der Waals surface area contributed by atoms with Crippen molar-refractivity contribution in [1.29, 1.82) is 0 Å². The molecule has 0 radical (unpaired) electrons. The highest BCUT2D eigenvalue weighted by Crippen LogP contribution is 1.88. The maximum atomic E-state index is 5.36. The van der Waals surface area contributed by atoms with Crippen molar-refractivity contribution < 1.29 is 0 Å². The second kappa shape index (κ2) is 8.97. The van der Waals surface area contributed by atoms with Gasteiger partial charge in [0.2, 0.25) is 0 Å². The van der Waals surface area contributed by atoms with E-state index in [1.54, 1.807) is 0 Å². The van der Waals surface area contributed by atoms with E-state index in [0.29, 0.717) is 5.92 Å². The van der Waals surface area contributed by atoms with Gasteiger partial charge >= 0.3 is 0 Å². The highest BCUT2D eigenvalue weighted by atomic mass is 14.9. The number of rotatable bonds is 8. The van der Waals surface area contributed by atoms with E-state index >= 15 is 0 Å². The molecule has 0 fully saturated rings. The lowest BCUT2D eigenvalue weighted by molar-refractivity contribution is 0.476. The third-order valence-electron chi connectivity index (χ3n) is 1.73. The van der Waals surface area contributed by atoms with Gasteiger partial charge in [0.15, 0.2) is 0 Å². The fraction of sp³-hybridized carbons (Fsp3) is 1.00. The summed E-state index contributed by atoms with van der Waals surface area (Å²) in [6, 6.07) is 0. The molecule has 3 nitrogen and oxygen atoms in total. The Balaban J connectivity index is 3.04. The van der Waals surface area contributed by atoms with Gasteiger partial charge in [-0.25, -0.2) is 0 Å². The summed E-state index contributed by atoms with van der Waals surface area (Å²) in [7, 11) is 0. The van der Waals surface area contributed by atoms with Crippen LogP contribution in [0.4, 0.5) is 0 Å². The monoisotopic (exact) mass is 173 g/mol. The summed E-state index contributed by atoms with van der Waals surface area (Å²) < 4.78 is 0. The standard InChI is InChI=1S/C9H23N3/c1-3-5-11-7-9(2)8-12-6-4-10/h9,11-12H,3-8,10H2,1-2H3. The predicted octanol–water partition coefficient (Wildman–Crippen LogP) is 0.170. The van der Waals surface area contributed by atoms with Crippen molar-refractivity contribution in [3.05, 3.63) is 0 Å². The molecule has 3 heteroatoms. The Labute approximate surface area is 76.1 Å². The van der Waals surface area contributed by atoms with E-state index in [9.17, 15) is 0 Å². The molecule has 0 aromatic rings. The van der Waals surface area contributed by atoms with Gasteiger partial charge in [-0.3, -0.25) is 0 Å². The molecule has 0 saturated carbocycles. The van der Waals surface area contributed by atoms with E-state index in [-0.39, 0.29) is 0 Å². The molecule has 0 aromatic heterocycles. The Morgan fingerprint density at radius 2 is 1.75 bits per heavy atom. The van der Waals surface area contributed by atoms with E-state index in [0.717, 1.165) is 32.7 Å². The summed E-state index contributed by atoms with van der Waals surface area (Å²) in [6.45, 7) is 9.38. The first-order valence-corrected chi connectivity index (χ1v) is 4.92. The molecular formula is C9H23N3. The topological polar surface area (TPSA) is 50.1 Å². The second-order valence-electron chi connectivity index (χ2n) is 3.30. The Hall–Kier alpha value is -0.120. The van der Waals surface area contributed by atoms with Gasteiger partial charge in [0.25, 0.3) is 0 Å². The zero-order chi connectivity index (χ0) is 9.23. The van der Waals surface area contributed by atoms with Crippen LogP contribution in [0.3, 0.4) is 0 Å². The summed E-state index contributed by atoms with van der Waals surface area (Å²) in [5.74, 6) is 0.697. The molecule has 0 amide bonds. The number of hydrogen-bond donors (Lipinski definition) is 3. The van der Waals surface area contributed by atoms with Crippen LogP contribution in [0, 0.1) is 5.92 Å². The lowest BCUT2D eigenvalue weighted by atomic mass is 10.2. The normalized spacial score (nSPS) is 13.2. The zero-order valence-electron chi connectivity index (χ0n) is 8.40. The summed E-state index contributed by atoms with van der Waals surface area (Å²) in [5.41, 5.74) is 5.36. The van der Waals surface area contributed by atoms with Gasteiger partial charge in [-0.15, -0.1) is 0 Å². The predicted molar refractivity (Wildman–Crippen MR) is 54.2 cm³/mol. The molecule has 74 valence electrons. The van der Waals surface area contributed by atoms with Gasteiger partial charge in [0, 0.05) is 13.1 Å². The van der Waals surface area contributed by atoms with Gasteiger partial charge in [-0.2, -0.15) is 0 Å². The highest BCUT2D eigenvalue weighted by molar-refractivity contribution is 4.59. The van der Waals surface area contributed by atoms with Crippen LogP contribution in [0.1, 0.15) is 20.3 Å². The van der Waals surface area contributed by atoms with Crippen molar-refractivity contribution >= 4 is 0 Å². The molecular weight excluding hydrogens is 150 g/mol. The molecule has 0 saturated heterocycles. The van der Waals surface area contributed by atoms with Gasteiger partial charge in [0.1, 0.15) is 0 Å². The Bertz CT molecular complexity index is 75.8. The molecule has 0 rings (SSSR count). The first kappa shape index (κ1) is 11.9. The van der Waals surface area contributed by atoms with Gasteiger partial charge in [0.05, 0.1) is 0 Å². The summed E-state index contributed by atoms with van der Waals surface area (Å²) >= 11 is 0. The van der Waals surface area contributed by atoms with E-state index < -0.39 is 0 Å². The van der Waals surface area contributed by atoms with Crippen LogP contribution in [0.2, 0.25) is 0 Å². The molecule has 0 aromatic carbocycles. The van der Waals surface area contributed by atoms with Crippen molar-refractivity contribution in [2.45, 2.75) is 20.3 Å². The minimum atomic E-state index is 0.697. The third-order valence-corrected chi connectivity index (χ3v) is 1.73. The molecule has 0 heterocycles. The van der Waals surface area contributed by atoms with Gasteiger partial charge in [-0.05, 0) is 32.0 Å². The van der Waals surface area contributed by atoms with Crippen LogP contribution in [0.25, 0.3) is 0 Å². The van der Waals surface area contributed by atoms with E-state index in [2.05, 4.69) is 24.5 Å². The van der Waals surface area contributed by atoms with E-state index in [4.69, 9.17) is 5.73 Å². The van der Waals surface area contributed by atoms with Crippen molar-refractivity contribution in [3.8, 4) is 0 Å². The largest absolute Gasteiger partial charge is 0.329 e. The van der Waals surface area contributed by atoms with Crippen molar-refractivity contribution in [1.82, 2.24) is 10.6 Å². The average molecular weight is 173 g/mol. The highest BCUT2D eigenvalue weighted by Gasteiger charge is 1.98. The Morgan fingerprint density at radius 3 is 2.25 bits per heavy atom. The fourth-order valence-electron chi connectivity index (χ4n) is 1.05. The quantitative estimate of drug-likeness (QED) is 0.459. The fourth-order valence-corrected chi connectivity index (χ4v) is 1.05. The molecule has 0 aliphatic heterocycles. The summed E-state index contributed by atoms with van der Waals surface area (Å²) in [6.07, 6.45) is 1.21. The van der Waals surface area contributed by atoms with E-state index in [1.807, 2.05) is 0 Å². The minimum absolute atomic E-state index is 0.697. The lowest BCUT2D eigenvalue weighted by Gasteiger charge is -2.12. The maximum absolute atomic E-state index is 5.36. The van der Waals surface area contributed by atoms with Crippen LogP contribution in [-0.4, -0.2) is 32.7 Å². The Kier molecular flexibility index (Phi) is 8.88. The molecule has 12 heavy (non-hydrogen) atoms. The Morgan fingerprint density at radius 1 is 1.17 bits per heavy atom. The average Bonchev–Trinajstić information content (AvgIpc) is 2.06. The van der Waals surface area contributed by atoms with Crippen molar-refractivity contribution in [2.75, 3.05) is 32.7 Å². The first-order valence-electron chi connectivity index (χ1n) is 4.92. The van der Waals surface area contributed by atoms with Gasteiger partial charge in [-0.1, -0.05) is 13.8 Å². The minimum Gasteiger partial charge on any atom is -0.329 e. The van der Waals surface area contributed by atoms with Gasteiger partial charge < -0.3 is 16.4 Å².